The Kier molecular flexibility index (Phi) is 6.82. The average Bonchev–Trinajstić information content (AvgIpc) is 3.00. The Morgan fingerprint density at radius 1 is 1.12 bits per heavy atom. The molecule has 0 saturated carbocycles. The van der Waals surface area contributed by atoms with E-state index in [1.54, 1.807) is 0 Å². The predicted octanol–water partition coefficient (Wildman–Crippen LogP) is 2.79. The maximum absolute atomic E-state index is 12.0. The van der Waals surface area contributed by atoms with E-state index < -0.39 is 11.7 Å². The maximum atomic E-state index is 12.0. The summed E-state index contributed by atoms with van der Waals surface area (Å²) in [6.45, 7) is 8.50. The average molecular weight is 347 g/mol. The van der Waals surface area contributed by atoms with Crippen LogP contribution in [0.5, 0.6) is 0 Å². The normalized spacial score (nSPS) is 15.0. The van der Waals surface area contributed by atoms with Crippen molar-refractivity contribution in [2.45, 2.75) is 45.6 Å². The van der Waals surface area contributed by atoms with Crippen molar-refractivity contribution in [3.05, 3.63) is 29.8 Å². The van der Waals surface area contributed by atoms with Crippen LogP contribution in [-0.2, 0) is 16.0 Å². The highest BCUT2D eigenvalue weighted by Gasteiger charge is 2.16. The summed E-state index contributed by atoms with van der Waals surface area (Å²) in [4.78, 5) is 25.8. The quantitative estimate of drug-likeness (QED) is 0.830. The van der Waals surface area contributed by atoms with Crippen molar-refractivity contribution in [2.75, 3.05) is 31.5 Å². The van der Waals surface area contributed by atoms with Crippen LogP contribution in [0.1, 0.15) is 39.2 Å². The van der Waals surface area contributed by atoms with Crippen molar-refractivity contribution in [1.82, 2.24) is 10.2 Å². The molecule has 6 heteroatoms. The fourth-order valence-electron chi connectivity index (χ4n) is 2.72. The molecule has 0 bridgehead atoms. The number of hydrogen-bond donors (Lipinski definition) is 2. The van der Waals surface area contributed by atoms with Crippen molar-refractivity contribution in [1.29, 1.82) is 0 Å². The van der Waals surface area contributed by atoms with Crippen LogP contribution in [0.3, 0.4) is 0 Å². The number of nitrogens with one attached hydrogen (secondary N) is 2. The molecule has 1 aromatic carbocycles. The summed E-state index contributed by atoms with van der Waals surface area (Å²) < 4.78 is 5.19. The van der Waals surface area contributed by atoms with Gasteiger partial charge in [0.2, 0.25) is 5.91 Å². The summed E-state index contributed by atoms with van der Waals surface area (Å²) in [5.41, 5.74) is 1.40. The minimum atomic E-state index is -0.487. The van der Waals surface area contributed by atoms with Crippen molar-refractivity contribution in [2.24, 2.45) is 0 Å². The molecule has 2 amide bonds. The first kappa shape index (κ1) is 19.2. The van der Waals surface area contributed by atoms with Gasteiger partial charge in [-0.15, -0.1) is 0 Å². The number of amides is 2. The van der Waals surface area contributed by atoms with Gasteiger partial charge in [0.25, 0.3) is 0 Å². The maximum Gasteiger partial charge on any atom is 0.407 e. The first-order valence-corrected chi connectivity index (χ1v) is 8.90. The van der Waals surface area contributed by atoms with Gasteiger partial charge in [-0.2, -0.15) is 0 Å². The summed E-state index contributed by atoms with van der Waals surface area (Å²) in [6, 6.07) is 7.71. The first-order valence-electron chi connectivity index (χ1n) is 8.90. The molecule has 0 spiro atoms. The lowest BCUT2D eigenvalue weighted by molar-refractivity contribution is -0.117. The van der Waals surface area contributed by atoms with Crippen LogP contribution in [0, 0.1) is 0 Å². The van der Waals surface area contributed by atoms with Gasteiger partial charge in [0.1, 0.15) is 5.60 Å². The van der Waals surface area contributed by atoms with Gasteiger partial charge in [-0.05, 0) is 70.8 Å². The molecule has 0 unspecified atom stereocenters. The third-order valence-corrected chi connectivity index (χ3v) is 3.89. The van der Waals surface area contributed by atoms with Gasteiger partial charge in [-0.3, -0.25) is 9.69 Å². The lowest BCUT2D eigenvalue weighted by Gasteiger charge is -2.19. The fraction of sp³-hybridized carbons (Fsp3) is 0.579. The molecule has 0 aromatic heterocycles. The Bertz CT molecular complexity index is 573. The molecule has 1 aliphatic heterocycles. The molecule has 0 atom stereocenters. The molecule has 1 aliphatic rings. The van der Waals surface area contributed by atoms with E-state index in [-0.39, 0.29) is 5.91 Å². The van der Waals surface area contributed by atoms with Crippen LogP contribution in [0.4, 0.5) is 10.5 Å². The second kappa shape index (κ2) is 8.85. The molecular formula is C19H29N3O3. The third-order valence-electron chi connectivity index (χ3n) is 3.89. The molecule has 0 aliphatic carbocycles. The Balaban J connectivity index is 1.70. The van der Waals surface area contributed by atoms with E-state index in [0.29, 0.717) is 19.5 Å². The Hall–Kier alpha value is -2.08. The number of anilines is 1. The summed E-state index contributed by atoms with van der Waals surface area (Å²) in [5.74, 6) is 0.0289. The van der Waals surface area contributed by atoms with E-state index in [2.05, 4.69) is 15.5 Å². The zero-order valence-corrected chi connectivity index (χ0v) is 15.4. The van der Waals surface area contributed by atoms with Crippen LogP contribution in [0.2, 0.25) is 0 Å². The highest BCUT2D eigenvalue weighted by molar-refractivity contribution is 5.92. The van der Waals surface area contributed by atoms with E-state index >= 15 is 0 Å². The highest BCUT2D eigenvalue weighted by Crippen LogP contribution is 2.12. The molecular weight excluding hydrogens is 318 g/mol. The summed E-state index contributed by atoms with van der Waals surface area (Å²) in [5, 5.41) is 5.66. The SMILES string of the molecule is CC(C)(C)OC(=O)NCCc1ccc(NC(=O)CN2CCCC2)cc1. The summed E-state index contributed by atoms with van der Waals surface area (Å²) in [6.07, 6.45) is 2.66. The Morgan fingerprint density at radius 2 is 1.76 bits per heavy atom. The zero-order valence-electron chi connectivity index (χ0n) is 15.4. The van der Waals surface area contributed by atoms with Crippen molar-refractivity contribution >= 4 is 17.7 Å². The number of likely N-dealkylation sites (tertiary alicyclic amines) is 1. The highest BCUT2D eigenvalue weighted by atomic mass is 16.6. The number of rotatable bonds is 6. The molecule has 1 saturated heterocycles. The number of benzene rings is 1. The molecule has 1 aromatic rings. The van der Waals surface area contributed by atoms with E-state index in [9.17, 15) is 9.59 Å². The summed E-state index contributed by atoms with van der Waals surface area (Å²) in [7, 11) is 0. The number of carbonyl (C=O) groups is 2. The minimum Gasteiger partial charge on any atom is -0.444 e. The largest absolute Gasteiger partial charge is 0.444 e. The van der Waals surface area contributed by atoms with Crippen molar-refractivity contribution < 1.29 is 14.3 Å². The first-order chi connectivity index (χ1) is 11.8. The second-order valence-electron chi connectivity index (χ2n) is 7.41. The molecule has 2 rings (SSSR count). The number of carbonyl (C=O) groups excluding carboxylic acids is 2. The summed E-state index contributed by atoms with van der Waals surface area (Å²) >= 11 is 0. The van der Waals surface area contributed by atoms with E-state index in [4.69, 9.17) is 4.74 Å². The topological polar surface area (TPSA) is 70.7 Å². The molecule has 1 fully saturated rings. The van der Waals surface area contributed by atoms with Gasteiger partial charge >= 0.3 is 6.09 Å². The van der Waals surface area contributed by atoms with Crippen molar-refractivity contribution in [3.63, 3.8) is 0 Å². The van der Waals surface area contributed by atoms with E-state index in [1.165, 1.54) is 12.8 Å². The lowest BCUT2D eigenvalue weighted by Crippen LogP contribution is -2.33. The van der Waals surface area contributed by atoms with Gasteiger partial charge in [0.15, 0.2) is 0 Å². The van der Waals surface area contributed by atoms with Gasteiger partial charge in [0, 0.05) is 12.2 Å². The van der Waals surface area contributed by atoms with Gasteiger partial charge in [-0.25, -0.2) is 4.79 Å². The van der Waals surface area contributed by atoms with Crippen LogP contribution >= 0.6 is 0 Å². The van der Waals surface area contributed by atoms with E-state index in [1.807, 2.05) is 45.0 Å². The van der Waals surface area contributed by atoms with E-state index in [0.717, 1.165) is 24.3 Å². The standard InChI is InChI=1S/C19H29N3O3/c1-19(2,3)25-18(24)20-11-10-15-6-8-16(9-7-15)21-17(23)14-22-12-4-5-13-22/h6-9H,4-5,10-14H2,1-3H3,(H,20,24)(H,21,23). The number of alkyl carbamates (subject to hydrolysis) is 1. The van der Waals surface area contributed by atoms with Gasteiger partial charge < -0.3 is 15.4 Å². The van der Waals surface area contributed by atoms with Crippen LogP contribution < -0.4 is 10.6 Å². The van der Waals surface area contributed by atoms with Crippen LogP contribution in [0.15, 0.2) is 24.3 Å². The third kappa shape index (κ3) is 7.56. The van der Waals surface area contributed by atoms with Crippen LogP contribution in [0.25, 0.3) is 0 Å². The molecule has 138 valence electrons. The molecule has 6 nitrogen and oxygen atoms in total. The predicted molar refractivity (Wildman–Crippen MR) is 98.7 cm³/mol. The van der Waals surface area contributed by atoms with Gasteiger partial charge in [-0.1, -0.05) is 12.1 Å². The Morgan fingerprint density at radius 3 is 2.36 bits per heavy atom. The number of ether oxygens (including phenoxy) is 1. The fourth-order valence-corrected chi connectivity index (χ4v) is 2.72. The van der Waals surface area contributed by atoms with Gasteiger partial charge in [0.05, 0.1) is 6.54 Å². The lowest BCUT2D eigenvalue weighted by atomic mass is 10.1. The number of hydrogen-bond acceptors (Lipinski definition) is 4. The number of nitrogens with zero attached hydrogens (tertiary/aromatic N) is 1. The monoisotopic (exact) mass is 347 g/mol. The van der Waals surface area contributed by atoms with Crippen LogP contribution in [-0.4, -0.2) is 48.7 Å². The zero-order chi connectivity index (χ0) is 18.3. The smallest absolute Gasteiger partial charge is 0.407 e. The molecule has 25 heavy (non-hydrogen) atoms. The minimum absolute atomic E-state index is 0.0289. The second-order valence-corrected chi connectivity index (χ2v) is 7.41. The molecule has 2 N–H and O–H groups in total. The molecule has 0 radical (unpaired) electrons. The van der Waals surface area contributed by atoms with Crippen molar-refractivity contribution in [3.8, 4) is 0 Å². The molecule has 1 heterocycles. The Labute approximate surface area is 149 Å².